The first kappa shape index (κ1) is 10.7. The van der Waals surface area contributed by atoms with Crippen LogP contribution in [-0.2, 0) is 9.68 Å². The number of amides is 1. The van der Waals surface area contributed by atoms with Gasteiger partial charge in [-0.2, -0.15) is 5.26 Å². The van der Waals surface area contributed by atoms with E-state index in [9.17, 15) is 9.59 Å². The first-order valence-corrected chi connectivity index (χ1v) is 3.08. The van der Waals surface area contributed by atoms with Crippen LogP contribution in [-0.4, -0.2) is 40.2 Å². The van der Waals surface area contributed by atoms with Crippen molar-refractivity contribution in [1.82, 2.24) is 5.32 Å². The van der Waals surface area contributed by atoms with Gasteiger partial charge in [-0.1, -0.05) is 0 Å². The zero-order valence-corrected chi connectivity index (χ0v) is 6.06. The molecule has 0 aromatic heterocycles. The maximum Gasteiger partial charge on any atom is 0.404 e. The van der Waals surface area contributed by atoms with Gasteiger partial charge in [-0.25, -0.2) is 9.59 Å². The third-order valence-electron chi connectivity index (χ3n) is 1.06. The fourth-order valence-corrected chi connectivity index (χ4v) is 0.495. The maximum absolute atomic E-state index is 10.3. The van der Waals surface area contributed by atoms with Gasteiger partial charge >= 0.3 is 12.1 Å². The lowest BCUT2D eigenvalue weighted by Gasteiger charge is -2.05. The van der Waals surface area contributed by atoms with Gasteiger partial charge in [0.25, 0.3) is 0 Å². The number of carbonyl (C=O) groups is 2. The fourth-order valence-electron chi connectivity index (χ4n) is 0.495. The average Bonchev–Trinajstić information content (AvgIpc) is 2.02. The standard InChI is InChI=1S/C5H9NO6/c7-3(4(8)12-11)1-2-6-5(9)10/h3,6-7,11H,1-2H2,(H,9,10)/t3-/m0/s1. The Kier molecular flexibility index (Phi) is 4.73. The van der Waals surface area contributed by atoms with Gasteiger partial charge in [0.15, 0.2) is 6.10 Å². The number of aliphatic hydroxyl groups is 1. The van der Waals surface area contributed by atoms with E-state index < -0.39 is 18.2 Å². The lowest BCUT2D eigenvalue weighted by Crippen LogP contribution is -2.29. The third kappa shape index (κ3) is 4.47. The molecule has 0 radical (unpaired) electrons. The van der Waals surface area contributed by atoms with E-state index in [0.717, 1.165) is 0 Å². The average molecular weight is 179 g/mol. The molecule has 0 aliphatic rings. The van der Waals surface area contributed by atoms with E-state index in [4.69, 9.17) is 15.5 Å². The zero-order chi connectivity index (χ0) is 9.56. The van der Waals surface area contributed by atoms with Crippen molar-refractivity contribution in [3.63, 3.8) is 0 Å². The molecule has 12 heavy (non-hydrogen) atoms. The Bertz CT molecular complexity index is 169. The van der Waals surface area contributed by atoms with E-state index in [0.29, 0.717) is 0 Å². The highest BCUT2D eigenvalue weighted by Gasteiger charge is 2.16. The molecule has 0 unspecified atom stereocenters. The summed E-state index contributed by atoms with van der Waals surface area (Å²) in [4.78, 5) is 23.4. The van der Waals surface area contributed by atoms with Gasteiger partial charge in [-0.3, -0.25) is 4.89 Å². The second-order valence-corrected chi connectivity index (χ2v) is 1.95. The maximum atomic E-state index is 10.3. The minimum atomic E-state index is -1.51. The SMILES string of the molecule is O=C(O)NCC[C@H](O)C(=O)OO. The molecule has 0 fully saturated rings. The number of nitrogens with one attached hydrogen (secondary N) is 1. The number of rotatable bonds is 4. The summed E-state index contributed by atoms with van der Waals surface area (Å²) in [6, 6.07) is 0. The molecular weight excluding hydrogens is 170 g/mol. The molecule has 0 saturated heterocycles. The van der Waals surface area contributed by atoms with Gasteiger partial charge in [-0.15, -0.1) is 0 Å². The van der Waals surface area contributed by atoms with Crippen molar-refractivity contribution in [1.29, 1.82) is 0 Å². The predicted molar refractivity (Wildman–Crippen MR) is 35.4 cm³/mol. The van der Waals surface area contributed by atoms with Crippen LogP contribution in [0.1, 0.15) is 6.42 Å². The molecular formula is C5H9NO6. The molecule has 0 aliphatic carbocycles. The van der Waals surface area contributed by atoms with Crippen LogP contribution in [0.2, 0.25) is 0 Å². The summed E-state index contributed by atoms with van der Waals surface area (Å²) in [7, 11) is 0. The van der Waals surface area contributed by atoms with Crippen molar-refractivity contribution in [2.45, 2.75) is 12.5 Å². The highest BCUT2D eigenvalue weighted by molar-refractivity contribution is 5.73. The molecule has 0 rings (SSSR count). The van der Waals surface area contributed by atoms with Gasteiger partial charge in [0, 0.05) is 13.0 Å². The van der Waals surface area contributed by atoms with E-state index in [-0.39, 0.29) is 13.0 Å². The summed E-state index contributed by atoms with van der Waals surface area (Å²) in [6.07, 6.45) is -2.91. The highest BCUT2D eigenvalue weighted by Crippen LogP contribution is 1.91. The molecule has 0 heterocycles. The van der Waals surface area contributed by atoms with Crippen LogP contribution >= 0.6 is 0 Å². The van der Waals surface area contributed by atoms with Gasteiger partial charge < -0.3 is 15.5 Å². The molecule has 0 spiro atoms. The molecule has 0 bridgehead atoms. The number of carboxylic acid groups (broad SMARTS) is 1. The van der Waals surface area contributed by atoms with Crippen LogP contribution in [0.25, 0.3) is 0 Å². The summed E-state index contributed by atoms with van der Waals surface area (Å²) in [5, 5.41) is 26.5. The van der Waals surface area contributed by atoms with Crippen LogP contribution in [0.3, 0.4) is 0 Å². The summed E-state index contributed by atoms with van der Waals surface area (Å²) in [5.41, 5.74) is 0. The predicted octanol–water partition coefficient (Wildman–Crippen LogP) is -0.979. The topological polar surface area (TPSA) is 116 Å². The second-order valence-electron chi connectivity index (χ2n) is 1.95. The fraction of sp³-hybridized carbons (Fsp3) is 0.600. The molecule has 0 aromatic carbocycles. The Morgan fingerprint density at radius 3 is 2.50 bits per heavy atom. The van der Waals surface area contributed by atoms with Crippen molar-refractivity contribution >= 4 is 12.1 Å². The zero-order valence-electron chi connectivity index (χ0n) is 6.06. The Morgan fingerprint density at radius 2 is 2.08 bits per heavy atom. The van der Waals surface area contributed by atoms with Crippen LogP contribution in [0.5, 0.6) is 0 Å². The molecule has 7 nitrogen and oxygen atoms in total. The Morgan fingerprint density at radius 1 is 1.50 bits per heavy atom. The lowest BCUT2D eigenvalue weighted by atomic mass is 10.2. The Labute approximate surface area is 67.5 Å². The minimum Gasteiger partial charge on any atom is -0.465 e. The summed E-state index contributed by atoms with van der Waals surface area (Å²) < 4.78 is 0. The van der Waals surface area contributed by atoms with Crippen LogP contribution < -0.4 is 5.32 Å². The Balaban J connectivity index is 3.50. The molecule has 1 amide bonds. The highest BCUT2D eigenvalue weighted by atomic mass is 17.1. The quantitative estimate of drug-likeness (QED) is 0.325. The summed E-state index contributed by atoms with van der Waals surface area (Å²) in [5.74, 6) is -1.21. The van der Waals surface area contributed by atoms with E-state index in [1.54, 1.807) is 0 Å². The molecule has 1 atom stereocenters. The Hall–Kier alpha value is -1.34. The summed E-state index contributed by atoms with van der Waals surface area (Å²) >= 11 is 0. The van der Waals surface area contributed by atoms with E-state index >= 15 is 0 Å². The summed E-state index contributed by atoms with van der Waals surface area (Å²) in [6.45, 7) is -0.0917. The number of hydrogen-bond acceptors (Lipinski definition) is 5. The van der Waals surface area contributed by atoms with Crippen LogP contribution in [0.15, 0.2) is 0 Å². The number of aliphatic hydroxyl groups excluding tert-OH is 1. The molecule has 4 N–H and O–H groups in total. The van der Waals surface area contributed by atoms with Crippen LogP contribution in [0.4, 0.5) is 4.79 Å². The number of carbonyl (C=O) groups excluding carboxylic acids is 1. The monoisotopic (exact) mass is 179 g/mol. The largest absolute Gasteiger partial charge is 0.465 e. The molecule has 0 aromatic rings. The van der Waals surface area contributed by atoms with E-state index in [1.807, 2.05) is 5.32 Å². The van der Waals surface area contributed by atoms with Crippen molar-refractivity contribution in [2.75, 3.05) is 6.54 Å². The lowest BCUT2D eigenvalue weighted by molar-refractivity contribution is -0.242. The van der Waals surface area contributed by atoms with E-state index in [2.05, 4.69) is 4.89 Å². The smallest absolute Gasteiger partial charge is 0.404 e. The van der Waals surface area contributed by atoms with Crippen molar-refractivity contribution < 1.29 is 29.9 Å². The third-order valence-corrected chi connectivity index (χ3v) is 1.06. The van der Waals surface area contributed by atoms with Crippen LogP contribution in [0, 0.1) is 0 Å². The van der Waals surface area contributed by atoms with Gasteiger partial charge in [0.05, 0.1) is 0 Å². The van der Waals surface area contributed by atoms with Gasteiger partial charge in [0.1, 0.15) is 0 Å². The molecule has 70 valence electrons. The normalized spacial score (nSPS) is 11.8. The van der Waals surface area contributed by atoms with Gasteiger partial charge in [-0.05, 0) is 0 Å². The van der Waals surface area contributed by atoms with Crippen molar-refractivity contribution in [3.05, 3.63) is 0 Å². The van der Waals surface area contributed by atoms with Crippen molar-refractivity contribution in [2.24, 2.45) is 0 Å². The number of hydrogen-bond donors (Lipinski definition) is 4. The molecule has 0 saturated carbocycles. The minimum absolute atomic E-state index is 0.0917. The van der Waals surface area contributed by atoms with E-state index in [1.165, 1.54) is 0 Å². The second kappa shape index (κ2) is 5.33. The molecule has 0 aliphatic heterocycles. The molecule has 7 heteroatoms. The van der Waals surface area contributed by atoms with Crippen molar-refractivity contribution in [3.8, 4) is 0 Å². The first-order valence-electron chi connectivity index (χ1n) is 3.08. The van der Waals surface area contributed by atoms with Gasteiger partial charge in [0.2, 0.25) is 0 Å². The first-order chi connectivity index (χ1) is 5.57.